The summed E-state index contributed by atoms with van der Waals surface area (Å²) in [5.74, 6) is -1.02. The summed E-state index contributed by atoms with van der Waals surface area (Å²) in [5, 5.41) is 2.90. The lowest BCUT2D eigenvalue weighted by Gasteiger charge is -2.35. The fraction of sp³-hybridized carbons (Fsp3) is 0.417. The van der Waals surface area contributed by atoms with E-state index in [0.29, 0.717) is 25.1 Å². The lowest BCUT2D eigenvalue weighted by molar-refractivity contribution is -0.137. The van der Waals surface area contributed by atoms with E-state index in [1.807, 2.05) is 51.1 Å². The van der Waals surface area contributed by atoms with Crippen LogP contribution in [0.4, 0.5) is 5.69 Å². The summed E-state index contributed by atoms with van der Waals surface area (Å²) in [6, 6.07) is 14.8. The van der Waals surface area contributed by atoms with E-state index in [4.69, 9.17) is 0 Å². The Kier molecular flexibility index (Phi) is 7.69. The number of sulfonamides is 1. The zero-order valence-electron chi connectivity index (χ0n) is 18.7. The standard InChI is InChI=1S/C24H31N3O4S/c1-17(2)22(26-32(30,31)21-13-11-18(3)12-14-21)24(29)27-15-7-8-19(16-27)23(28)25-20-9-5-4-6-10-20/h4-6,9-14,17,19,22,26H,7-8,15-16H2,1-3H3,(H,25,28)/t19-,22+/m1/s1. The quantitative estimate of drug-likeness (QED) is 0.668. The third-order valence-electron chi connectivity index (χ3n) is 5.69. The smallest absolute Gasteiger partial charge is 0.241 e. The first-order valence-electron chi connectivity index (χ1n) is 10.9. The van der Waals surface area contributed by atoms with Gasteiger partial charge < -0.3 is 10.2 Å². The van der Waals surface area contributed by atoms with Crippen molar-refractivity contribution in [2.24, 2.45) is 11.8 Å². The number of hydrogen-bond acceptors (Lipinski definition) is 4. The van der Waals surface area contributed by atoms with E-state index in [9.17, 15) is 18.0 Å². The van der Waals surface area contributed by atoms with Crippen LogP contribution < -0.4 is 10.0 Å². The molecule has 1 saturated heterocycles. The molecule has 1 heterocycles. The van der Waals surface area contributed by atoms with Crippen LogP contribution in [0.2, 0.25) is 0 Å². The van der Waals surface area contributed by atoms with Gasteiger partial charge in [0.25, 0.3) is 0 Å². The molecular formula is C24H31N3O4S. The van der Waals surface area contributed by atoms with Crippen molar-refractivity contribution in [3.05, 3.63) is 60.2 Å². The first-order valence-corrected chi connectivity index (χ1v) is 12.4. The number of aryl methyl sites for hydroxylation is 1. The summed E-state index contributed by atoms with van der Waals surface area (Å²) in [6.45, 7) is 6.27. The monoisotopic (exact) mass is 457 g/mol. The van der Waals surface area contributed by atoms with Crippen LogP contribution in [-0.4, -0.2) is 44.3 Å². The van der Waals surface area contributed by atoms with Crippen LogP contribution in [0.15, 0.2) is 59.5 Å². The molecule has 172 valence electrons. The Morgan fingerprint density at radius 1 is 1.03 bits per heavy atom. The van der Waals surface area contributed by atoms with E-state index in [-0.39, 0.29) is 35.1 Å². The fourth-order valence-electron chi connectivity index (χ4n) is 3.78. The predicted octanol–water partition coefficient (Wildman–Crippen LogP) is 3.18. The molecule has 0 saturated carbocycles. The summed E-state index contributed by atoms with van der Waals surface area (Å²) in [7, 11) is -3.85. The van der Waals surface area contributed by atoms with Crippen molar-refractivity contribution in [2.45, 2.75) is 44.6 Å². The molecule has 8 heteroatoms. The van der Waals surface area contributed by atoms with Gasteiger partial charge in [0.05, 0.1) is 10.8 Å². The van der Waals surface area contributed by atoms with Crippen molar-refractivity contribution in [2.75, 3.05) is 18.4 Å². The number of para-hydroxylation sites is 1. The van der Waals surface area contributed by atoms with E-state index in [1.165, 1.54) is 12.1 Å². The van der Waals surface area contributed by atoms with Crippen molar-refractivity contribution in [1.82, 2.24) is 9.62 Å². The number of benzene rings is 2. The van der Waals surface area contributed by atoms with Crippen molar-refractivity contribution in [1.29, 1.82) is 0 Å². The van der Waals surface area contributed by atoms with Gasteiger partial charge in [-0.2, -0.15) is 4.72 Å². The minimum absolute atomic E-state index is 0.125. The minimum atomic E-state index is -3.85. The molecule has 32 heavy (non-hydrogen) atoms. The van der Waals surface area contributed by atoms with Gasteiger partial charge in [-0.1, -0.05) is 49.7 Å². The average Bonchev–Trinajstić information content (AvgIpc) is 2.78. The number of likely N-dealkylation sites (tertiary alicyclic amines) is 1. The molecular weight excluding hydrogens is 426 g/mol. The van der Waals surface area contributed by atoms with E-state index in [2.05, 4.69) is 10.0 Å². The molecule has 0 unspecified atom stereocenters. The normalized spacial score (nSPS) is 17.8. The molecule has 2 atom stereocenters. The van der Waals surface area contributed by atoms with E-state index in [0.717, 1.165) is 5.56 Å². The Balaban J connectivity index is 1.70. The number of piperidine rings is 1. The fourth-order valence-corrected chi connectivity index (χ4v) is 5.12. The molecule has 0 radical (unpaired) electrons. The number of nitrogens with zero attached hydrogens (tertiary/aromatic N) is 1. The van der Waals surface area contributed by atoms with Crippen molar-refractivity contribution in [3.8, 4) is 0 Å². The number of carbonyl (C=O) groups is 2. The van der Waals surface area contributed by atoms with Gasteiger partial charge in [-0.05, 0) is 49.9 Å². The highest BCUT2D eigenvalue weighted by atomic mass is 32.2. The Labute approximate surface area is 190 Å². The molecule has 2 aromatic carbocycles. The topological polar surface area (TPSA) is 95.6 Å². The Morgan fingerprint density at radius 3 is 2.31 bits per heavy atom. The number of hydrogen-bond donors (Lipinski definition) is 2. The maximum atomic E-state index is 13.3. The van der Waals surface area contributed by atoms with Gasteiger partial charge in [0.2, 0.25) is 21.8 Å². The van der Waals surface area contributed by atoms with Gasteiger partial charge in [0.15, 0.2) is 0 Å². The van der Waals surface area contributed by atoms with Crippen LogP contribution in [0.25, 0.3) is 0 Å². The highest BCUT2D eigenvalue weighted by molar-refractivity contribution is 7.89. The van der Waals surface area contributed by atoms with Gasteiger partial charge in [-0.3, -0.25) is 9.59 Å². The molecule has 1 fully saturated rings. The minimum Gasteiger partial charge on any atom is -0.341 e. The van der Waals surface area contributed by atoms with Crippen molar-refractivity contribution >= 4 is 27.5 Å². The summed E-state index contributed by atoms with van der Waals surface area (Å²) in [5.41, 5.74) is 1.67. The summed E-state index contributed by atoms with van der Waals surface area (Å²) in [4.78, 5) is 27.8. The van der Waals surface area contributed by atoms with E-state index in [1.54, 1.807) is 17.0 Å². The van der Waals surface area contributed by atoms with Crippen LogP contribution in [0.5, 0.6) is 0 Å². The highest BCUT2D eigenvalue weighted by Crippen LogP contribution is 2.21. The van der Waals surface area contributed by atoms with Gasteiger partial charge in [-0.25, -0.2) is 8.42 Å². The first kappa shape index (κ1) is 23.9. The molecule has 0 aliphatic carbocycles. The van der Waals surface area contributed by atoms with Gasteiger partial charge in [-0.15, -0.1) is 0 Å². The average molecular weight is 458 g/mol. The molecule has 7 nitrogen and oxygen atoms in total. The number of amides is 2. The second kappa shape index (κ2) is 10.3. The van der Waals surface area contributed by atoms with Crippen LogP contribution in [0.3, 0.4) is 0 Å². The highest BCUT2D eigenvalue weighted by Gasteiger charge is 2.35. The van der Waals surface area contributed by atoms with Crippen LogP contribution in [0.1, 0.15) is 32.3 Å². The molecule has 0 spiro atoms. The Hall–Kier alpha value is -2.71. The largest absolute Gasteiger partial charge is 0.341 e. The Morgan fingerprint density at radius 2 is 1.69 bits per heavy atom. The molecule has 0 bridgehead atoms. The summed E-state index contributed by atoms with van der Waals surface area (Å²) >= 11 is 0. The second-order valence-corrected chi connectivity index (χ2v) is 10.3. The number of carbonyl (C=O) groups excluding carboxylic acids is 2. The van der Waals surface area contributed by atoms with E-state index >= 15 is 0 Å². The third kappa shape index (κ3) is 5.95. The van der Waals surface area contributed by atoms with Gasteiger partial charge >= 0.3 is 0 Å². The number of rotatable bonds is 7. The number of nitrogens with one attached hydrogen (secondary N) is 2. The van der Waals surface area contributed by atoms with Crippen molar-refractivity contribution in [3.63, 3.8) is 0 Å². The predicted molar refractivity (Wildman–Crippen MR) is 125 cm³/mol. The SMILES string of the molecule is Cc1ccc(S(=O)(=O)N[C@H](C(=O)N2CCC[C@@H](C(=O)Nc3ccccc3)C2)C(C)C)cc1. The first-order chi connectivity index (χ1) is 15.2. The van der Waals surface area contributed by atoms with Gasteiger partial charge in [0.1, 0.15) is 6.04 Å². The zero-order valence-corrected chi connectivity index (χ0v) is 19.6. The molecule has 2 amide bonds. The van der Waals surface area contributed by atoms with Crippen LogP contribution >= 0.6 is 0 Å². The molecule has 1 aliphatic rings. The molecule has 2 N–H and O–H groups in total. The molecule has 3 rings (SSSR count). The maximum absolute atomic E-state index is 13.3. The van der Waals surface area contributed by atoms with E-state index < -0.39 is 16.1 Å². The third-order valence-corrected chi connectivity index (χ3v) is 7.15. The second-order valence-electron chi connectivity index (χ2n) is 8.63. The summed E-state index contributed by atoms with van der Waals surface area (Å²) in [6.07, 6.45) is 1.37. The Bertz CT molecular complexity index is 1040. The van der Waals surface area contributed by atoms with Crippen molar-refractivity contribution < 1.29 is 18.0 Å². The maximum Gasteiger partial charge on any atom is 0.241 e. The lowest BCUT2D eigenvalue weighted by Crippen LogP contribution is -2.54. The van der Waals surface area contributed by atoms with Crippen LogP contribution in [0, 0.1) is 18.8 Å². The summed E-state index contributed by atoms with van der Waals surface area (Å²) < 4.78 is 28.3. The molecule has 1 aliphatic heterocycles. The zero-order chi connectivity index (χ0) is 23.3. The lowest BCUT2D eigenvalue weighted by atomic mass is 9.95. The molecule has 2 aromatic rings. The molecule has 0 aromatic heterocycles. The number of anilines is 1. The van der Waals surface area contributed by atoms with Crippen LogP contribution in [-0.2, 0) is 19.6 Å². The van der Waals surface area contributed by atoms with Gasteiger partial charge in [0, 0.05) is 18.8 Å².